The highest BCUT2D eigenvalue weighted by atomic mass is 19.3. The van der Waals surface area contributed by atoms with Crippen LogP contribution in [0.1, 0.15) is 60.4 Å². The third-order valence-corrected chi connectivity index (χ3v) is 5.90. The fraction of sp³-hybridized carbons (Fsp3) is 0.750. The molecule has 2 aliphatic rings. The molecule has 2 atom stereocenters. The number of halogens is 2. The molecule has 0 aromatic carbocycles. The molecule has 1 aromatic rings. The monoisotopic (exact) mass is 395 g/mol. The second-order valence-electron chi connectivity index (χ2n) is 8.29. The van der Waals surface area contributed by atoms with Gasteiger partial charge in [0.25, 0.3) is 11.8 Å². The summed E-state index contributed by atoms with van der Waals surface area (Å²) in [6.45, 7) is 5.14. The minimum absolute atomic E-state index is 0.00310. The predicted octanol–water partition coefficient (Wildman–Crippen LogP) is 2.93. The van der Waals surface area contributed by atoms with Crippen LogP contribution in [0.3, 0.4) is 0 Å². The molecule has 0 radical (unpaired) electrons. The summed E-state index contributed by atoms with van der Waals surface area (Å²) in [7, 11) is 3.34. The van der Waals surface area contributed by atoms with Crippen molar-refractivity contribution in [1.82, 2.24) is 20.2 Å². The molecule has 156 valence electrons. The molecule has 1 aliphatic carbocycles. The molecular formula is C20H31F2N5O. The number of hydrogen-bond donors (Lipinski definition) is 1. The van der Waals surface area contributed by atoms with E-state index in [9.17, 15) is 13.6 Å². The van der Waals surface area contributed by atoms with Crippen LogP contribution in [0.25, 0.3) is 0 Å². The van der Waals surface area contributed by atoms with Crippen LogP contribution in [0, 0.1) is 13.8 Å². The number of aromatic nitrogens is 2. The summed E-state index contributed by atoms with van der Waals surface area (Å²) in [5, 5.41) is 3.23. The summed E-state index contributed by atoms with van der Waals surface area (Å²) in [4.78, 5) is 24.7. The van der Waals surface area contributed by atoms with E-state index in [0.717, 1.165) is 42.9 Å². The number of hydrogen-bond acceptors (Lipinski definition) is 5. The Morgan fingerprint density at radius 2 is 1.93 bits per heavy atom. The van der Waals surface area contributed by atoms with Gasteiger partial charge in [0.05, 0.1) is 6.04 Å². The lowest BCUT2D eigenvalue weighted by Gasteiger charge is -2.29. The zero-order valence-corrected chi connectivity index (χ0v) is 17.3. The van der Waals surface area contributed by atoms with Crippen LogP contribution in [0.4, 0.5) is 14.6 Å². The van der Waals surface area contributed by atoms with Crippen molar-refractivity contribution < 1.29 is 13.6 Å². The van der Waals surface area contributed by atoms with Crippen LogP contribution in [-0.4, -0.2) is 66.0 Å². The van der Waals surface area contributed by atoms with E-state index in [4.69, 9.17) is 0 Å². The van der Waals surface area contributed by atoms with Gasteiger partial charge in [-0.3, -0.25) is 4.79 Å². The minimum atomic E-state index is -2.64. The van der Waals surface area contributed by atoms with Crippen molar-refractivity contribution in [1.29, 1.82) is 0 Å². The van der Waals surface area contributed by atoms with E-state index in [1.54, 1.807) is 14.1 Å². The van der Waals surface area contributed by atoms with Crippen molar-refractivity contribution in [2.45, 2.75) is 70.4 Å². The lowest BCUT2D eigenvalue weighted by atomic mass is 10.0. The molecule has 2 fully saturated rings. The number of alkyl halides is 2. The molecule has 8 heteroatoms. The molecule has 6 nitrogen and oxygen atoms in total. The van der Waals surface area contributed by atoms with Crippen LogP contribution in [-0.2, 0) is 0 Å². The van der Waals surface area contributed by atoms with Gasteiger partial charge in [-0.25, -0.2) is 18.7 Å². The third-order valence-electron chi connectivity index (χ3n) is 5.90. The third kappa shape index (κ3) is 4.42. The summed E-state index contributed by atoms with van der Waals surface area (Å²) in [5.74, 6) is -1.97. The first-order chi connectivity index (χ1) is 13.2. The summed E-state index contributed by atoms with van der Waals surface area (Å²) in [5.41, 5.74) is 1.69. The van der Waals surface area contributed by atoms with Gasteiger partial charge >= 0.3 is 0 Å². The Kier molecular flexibility index (Phi) is 6.17. The Hall–Kier alpha value is -1.83. The minimum Gasteiger partial charge on any atom is -0.355 e. The summed E-state index contributed by atoms with van der Waals surface area (Å²) >= 11 is 0. The van der Waals surface area contributed by atoms with Crippen molar-refractivity contribution >= 4 is 11.7 Å². The van der Waals surface area contributed by atoms with Gasteiger partial charge in [0.1, 0.15) is 5.82 Å². The number of carbonyl (C=O) groups excluding carboxylic acids is 1. The largest absolute Gasteiger partial charge is 0.355 e. The van der Waals surface area contributed by atoms with Crippen LogP contribution in [0.5, 0.6) is 0 Å². The van der Waals surface area contributed by atoms with E-state index in [2.05, 4.69) is 20.2 Å². The van der Waals surface area contributed by atoms with Gasteiger partial charge in [-0.05, 0) is 33.1 Å². The number of amides is 1. The van der Waals surface area contributed by atoms with Gasteiger partial charge in [0, 0.05) is 50.9 Å². The molecule has 1 amide bonds. The fourth-order valence-electron chi connectivity index (χ4n) is 4.07. The van der Waals surface area contributed by atoms with Crippen molar-refractivity contribution in [3.05, 3.63) is 17.1 Å². The summed E-state index contributed by atoms with van der Waals surface area (Å²) < 4.78 is 28.8. The van der Waals surface area contributed by atoms with Gasteiger partial charge in [-0.2, -0.15) is 0 Å². The Morgan fingerprint density at radius 1 is 1.18 bits per heavy atom. The van der Waals surface area contributed by atoms with E-state index in [-0.39, 0.29) is 24.2 Å². The molecule has 2 heterocycles. The lowest BCUT2D eigenvalue weighted by Crippen LogP contribution is -2.49. The van der Waals surface area contributed by atoms with Gasteiger partial charge in [-0.15, -0.1) is 0 Å². The van der Waals surface area contributed by atoms with Gasteiger partial charge < -0.3 is 15.1 Å². The first-order valence-corrected chi connectivity index (χ1v) is 10.1. The quantitative estimate of drug-likeness (QED) is 0.795. The molecule has 1 saturated carbocycles. The predicted molar refractivity (Wildman–Crippen MR) is 105 cm³/mol. The molecular weight excluding hydrogens is 364 g/mol. The van der Waals surface area contributed by atoms with Gasteiger partial charge in [0.15, 0.2) is 0 Å². The summed E-state index contributed by atoms with van der Waals surface area (Å²) in [6.07, 6.45) is 3.62. The number of carbonyl (C=O) groups is 1. The van der Waals surface area contributed by atoms with E-state index in [1.807, 2.05) is 13.8 Å². The SMILES string of the molecule is Cc1nc(C(=O)N(C)C)nc(N2CC[C@@H](NC3CCCCCC3(F)F)C2)c1C. The molecule has 1 N–H and O–H groups in total. The summed E-state index contributed by atoms with van der Waals surface area (Å²) in [6, 6.07) is -0.754. The Morgan fingerprint density at radius 3 is 2.64 bits per heavy atom. The fourth-order valence-corrected chi connectivity index (χ4v) is 4.07. The first kappa shape index (κ1) is 20.9. The topological polar surface area (TPSA) is 61.4 Å². The highest BCUT2D eigenvalue weighted by molar-refractivity contribution is 5.90. The highest BCUT2D eigenvalue weighted by Crippen LogP contribution is 2.33. The van der Waals surface area contributed by atoms with Crippen LogP contribution in [0.15, 0.2) is 0 Å². The highest BCUT2D eigenvalue weighted by Gasteiger charge is 2.41. The number of nitrogens with one attached hydrogen (secondary N) is 1. The van der Waals surface area contributed by atoms with Gasteiger partial charge in [0.2, 0.25) is 5.82 Å². The standard InChI is InChI=1S/C20H31F2N5O/c1-13-14(2)23-17(19(28)26(3)4)25-18(13)27-11-9-15(12-27)24-16-8-6-5-7-10-20(16,21)22/h15-16,24H,5-12H2,1-4H3/t15-,16?/m1/s1. The van der Waals surface area contributed by atoms with Crippen LogP contribution >= 0.6 is 0 Å². The maximum absolute atomic E-state index is 14.4. The average molecular weight is 395 g/mol. The maximum Gasteiger partial charge on any atom is 0.291 e. The van der Waals surface area contributed by atoms with Crippen molar-refractivity contribution in [2.75, 3.05) is 32.1 Å². The second-order valence-corrected chi connectivity index (χ2v) is 8.29. The first-order valence-electron chi connectivity index (χ1n) is 10.1. The zero-order chi connectivity index (χ0) is 20.5. The number of nitrogens with zero attached hydrogens (tertiary/aromatic N) is 4. The zero-order valence-electron chi connectivity index (χ0n) is 17.3. The van der Waals surface area contributed by atoms with E-state index >= 15 is 0 Å². The van der Waals surface area contributed by atoms with Crippen LogP contribution in [0.2, 0.25) is 0 Å². The Bertz CT molecular complexity index is 725. The molecule has 1 unspecified atom stereocenters. The molecule has 0 spiro atoms. The van der Waals surface area contributed by atoms with E-state index in [1.165, 1.54) is 4.90 Å². The van der Waals surface area contributed by atoms with Gasteiger partial charge in [-0.1, -0.05) is 12.8 Å². The molecule has 3 rings (SSSR count). The molecule has 0 bridgehead atoms. The maximum atomic E-state index is 14.4. The molecule has 1 saturated heterocycles. The smallest absolute Gasteiger partial charge is 0.291 e. The van der Waals surface area contributed by atoms with Crippen molar-refractivity contribution in [3.63, 3.8) is 0 Å². The molecule has 1 aliphatic heterocycles. The Labute approximate surface area is 165 Å². The van der Waals surface area contributed by atoms with Crippen molar-refractivity contribution in [2.24, 2.45) is 0 Å². The number of anilines is 1. The number of aryl methyl sites for hydroxylation is 1. The normalized spacial score (nSPS) is 24.9. The number of rotatable bonds is 4. The Balaban J connectivity index is 1.74. The van der Waals surface area contributed by atoms with E-state index in [0.29, 0.717) is 19.4 Å². The average Bonchev–Trinajstić information content (AvgIpc) is 3.03. The molecule has 1 aromatic heterocycles. The lowest BCUT2D eigenvalue weighted by molar-refractivity contribution is -0.0454. The van der Waals surface area contributed by atoms with Crippen molar-refractivity contribution in [3.8, 4) is 0 Å². The van der Waals surface area contributed by atoms with Crippen LogP contribution < -0.4 is 10.2 Å². The second kappa shape index (κ2) is 8.27. The molecule has 28 heavy (non-hydrogen) atoms. The van der Waals surface area contributed by atoms with E-state index < -0.39 is 12.0 Å².